The average molecular weight is 120 g/mol. The summed E-state index contributed by atoms with van der Waals surface area (Å²) < 4.78 is 0. The van der Waals surface area contributed by atoms with Gasteiger partial charge in [0.25, 0.3) is 0 Å². The topological polar surface area (TPSA) is 37.5 Å². The maximum atomic E-state index is 8.74. The normalized spacial score (nSPS) is 8.33. The van der Waals surface area contributed by atoms with E-state index >= 15 is 0 Å². The van der Waals surface area contributed by atoms with E-state index in [1.165, 1.54) is 18.5 Å². The van der Waals surface area contributed by atoms with Crippen LogP contribution in [0.1, 0.15) is 0 Å². The summed E-state index contributed by atoms with van der Waals surface area (Å²) in [6.45, 7) is 6.51. The fourth-order valence-corrected chi connectivity index (χ4v) is 0.477. The molecule has 1 heterocycles. The van der Waals surface area contributed by atoms with E-state index in [1.807, 2.05) is 0 Å². The fourth-order valence-electron chi connectivity index (χ4n) is 0.477. The number of nitrogens with zero attached hydrogens (tertiary/aromatic N) is 2. The van der Waals surface area contributed by atoms with Crippen LogP contribution in [0.25, 0.3) is 4.85 Å². The Bertz CT molecular complexity index is 251. The molecule has 0 atom stereocenters. The van der Waals surface area contributed by atoms with Crippen LogP contribution in [-0.4, -0.2) is 10.1 Å². The lowest BCUT2D eigenvalue weighted by atomic mass is 10.4. The predicted octanol–water partition coefficient (Wildman–Crippen LogP) is 1.34. The number of hydrogen-bond acceptors (Lipinski definition) is 2. The maximum absolute atomic E-state index is 8.74. The molecule has 0 aliphatic carbocycles. The van der Waals surface area contributed by atoms with Crippen LogP contribution in [0.3, 0.4) is 0 Å². The second kappa shape index (κ2) is 2.14. The lowest BCUT2D eigenvalue weighted by Crippen LogP contribution is -1.67. The average Bonchev–Trinajstić information content (AvgIpc) is 1.88. The SMILES string of the molecule is [C-]#[N+]c1cncc(O)c1. The molecule has 0 aromatic carbocycles. The van der Waals surface area contributed by atoms with Crippen molar-refractivity contribution in [1.29, 1.82) is 0 Å². The molecule has 0 saturated carbocycles. The first kappa shape index (κ1) is 5.57. The molecule has 1 aromatic heterocycles. The number of hydrogen-bond donors (Lipinski definition) is 1. The number of pyridine rings is 1. The minimum absolute atomic E-state index is 0.0310. The monoisotopic (exact) mass is 120 g/mol. The molecule has 0 bridgehead atoms. The van der Waals surface area contributed by atoms with Crippen LogP contribution in [0.5, 0.6) is 5.75 Å². The second-order valence-corrected chi connectivity index (χ2v) is 1.51. The first-order valence-corrected chi connectivity index (χ1v) is 2.34. The van der Waals surface area contributed by atoms with Gasteiger partial charge in [0.05, 0.1) is 12.8 Å². The van der Waals surface area contributed by atoms with Crippen molar-refractivity contribution >= 4 is 5.69 Å². The minimum atomic E-state index is 0.0310. The van der Waals surface area contributed by atoms with Crippen molar-refractivity contribution in [3.05, 3.63) is 29.9 Å². The van der Waals surface area contributed by atoms with Crippen LogP contribution in [0.15, 0.2) is 18.5 Å². The number of aromatic hydroxyl groups is 1. The molecule has 0 amide bonds. The molecule has 0 saturated heterocycles. The van der Waals surface area contributed by atoms with Crippen LogP contribution in [0, 0.1) is 6.57 Å². The highest BCUT2D eigenvalue weighted by Gasteiger charge is 1.89. The van der Waals surface area contributed by atoms with Gasteiger partial charge < -0.3 is 5.11 Å². The number of rotatable bonds is 0. The highest BCUT2D eigenvalue weighted by Crippen LogP contribution is 2.15. The quantitative estimate of drug-likeness (QED) is 0.524. The Labute approximate surface area is 52.4 Å². The van der Waals surface area contributed by atoms with Crippen molar-refractivity contribution in [3.8, 4) is 5.75 Å². The van der Waals surface area contributed by atoms with Gasteiger partial charge in [0.15, 0.2) is 0 Å². The Hall–Kier alpha value is -1.56. The van der Waals surface area contributed by atoms with Gasteiger partial charge in [-0.3, -0.25) is 4.98 Å². The summed E-state index contributed by atoms with van der Waals surface area (Å²) in [6, 6.07) is 1.36. The Morgan fingerprint density at radius 2 is 2.33 bits per heavy atom. The van der Waals surface area contributed by atoms with Gasteiger partial charge >= 0.3 is 0 Å². The molecule has 9 heavy (non-hydrogen) atoms. The summed E-state index contributed by atoms with van der Waals surface area (Å²) in [5.74, 6) is 0.0310. The zero-order valence-electron chi connectivity index (χ0n) is 4.57. The Morgan fingerprint density at radius 3 is 2.78 bits per heavy atom. The van der Waals surface area contributed by atoms with Crippen LogP contribution >= 0.6 is 0 Å². The van der Waals surface area contributed by atoms with E-state index in [0.29, 0.717) is 5.69 Å². The van der Waals surface area contributed by atoms with Crippen molar-refractivity contribution < 1.29 is 5.11 Å². The second-order valence-electron chi connectivity index (χ2n) is 1.51. The van der Waals surface area contributed by atoms with Gasteiger partial charge in [-0.1, -0.05) is 0 Å². The van der Waals surface area contributed by atoms with E-state index in [-0.39, 0.29) is 5.75 Å². The van der Waals surface area contributed by atoms with E-state index in [2.05, 4.69) is 9.83 Å². The summed E-state index contributed by atoms with van der Waals surface area (Å²) in [5, 5.41) is 8.74. The van der Waals surface area contributed by atoms with E-state index < -0.39 is 0 Å². The molecular formula is C6H4N2O. The van der Waals surface area contributed by atoms with Gasteiger partial charge in [-0.15, -0.1) is 0 Å². The van der Waals surface area contributed by atoms with Crippen molar-refractivity contribution in [2.24, 2.45) is 0 Å². The first-order valence-electron chi connectivity index (χ1n) is 2.34. The van der Waals surface area contributed by atoms with E-state index in [9.17, 15) is 0 Å². The molecule has 1 aromatic rings. The minimum Gasteiger partial charge on any atom is -0.508 e. The molecule has 0 radical (unpaired) electrons. The van der Waals surface area contributed by atoms with Crippen LogP contribution < -0.4 is 0 Å². The van der Waals surface area contributed by atoms with Gasteiger partial charge in [0, 0.05) is 6.20 Å². The summed E-state index contributed by atoms with van der Waals surface area (Å²) >= 11 is 0. The molecule has 44 valence electrons. The van der Waals surface area contributed by atoms with Crippen LogP contribution in [0.4, 0.5) is 5.69 Å². The summed E-state index contributed by atoms with van der Waals surface area (Å²) in [5.41, 5.74) is 0.356. The van der Waals surface area contributed by atoms with E-state index in [0.717, 1.165) is 0 Å². The maximum Gasteiger partial charge on any atom is 0.208 e. The molecule has 0 aliphatic rings. The van der Waals surface area contributed by atoms with Gasteiger partial charge in [0.2, 0.25) is 5.69 Å². The summed E-state index contributed by atoms with van der Waals surface area (Å²) in [7, 11) is 0. The highest BCUT2D eigenvalue weighted by atomic mass is 16.3. The smallest absolute Gasteiger partial charge is 0.208 e. The zero-order valence-corrected chi connectivity index (χ0v) is 4.57. The van der Waals surface area contributed by atoms with Crippen molar-refractivity contribution in [1.82, 2.24) is 4.98 Å². The Kier molecular flexibility index (Phi) is 1.32. The van der Waals surface area contributed by atoms with Crippen LogP contribution in [0.2, 0.25) is 0 Å². The third kappa shape index (κ3) is 1.16. The summed E-state index contributed by atoms with van der Waals surface area (Å²) in [4.78, 5) is 6.65. The fraction of sp³-hybridized carbons (Fsp3) is 0. The van der Waals surface area contributed by atoms with Gasteiger partial charge in [-0.25, -0.2) is 4.85 Å². The Morgan fingerprint density at radius 1 is 1.56 bits per heavy atom. The molecule has 0 spiro atoms. The Balaban J connectivity index is 3.12. The largest absolute Gasteiger partial charge is 0.508 e. The third-order valence-corrected chi connectivity index (χ3v) is 0.838. The molecule has 1 rings (SSSR count). The van der Waals surface area contributed by atoms with Crippen LogP contribution in [-0.2, 0) is 0 Å². The van der Waals surface area contributed by atoms with Gasteiger partial charge in [-0.05, 0) is 6.07 Å². The van der Waals surface area contributed by atoms with Gasteiger partial charge in [0.1, 0.15) is 5.75 Å². The lowest BCUT2D eigenvalue weighted by molar-refractivity contribution is 0.473. The molecular weight excluding hydrogens is 116 g/mol. The molecule has 1 N–H and O–H groups in total. The summed E-state index contributed by atoms with van der Waals surface area (Å²) in [6.07, 6.45) is 2.68. The zero-order chi connectivity index (χ0) is 6.69. The highest BCUT2D eigenvalue weighted by molar-refractivity contribution is 5.45. The molecule has 0 aliphatic heterocycles. The number of aromatic nitrogens is 1. The van der Waals surface area contributed by atoms with E-state index in [1.54, 1.807) is 0 Å². The van der Waals surface area contributed by atoms with Gasteiger partial charge in [-0.2, -0.15) is 0 Å². The van der Waals surface area contributed by atoms with E-state index in [4.69, 9.17) is 11.7 Å². The standard InChI is InChI=1S/C6H4N2O/c1-7-5-2-6(9)4-8-3-5/h2-4,9H. The molecule has 0 fully saturated rings. The molecule has 3 heteroatoms. The first-order chi connectivity index (χ1) is 4.33. The molecule has 3 nitrogen and oxygen atoms in total. The van der Waals surface area contributed by atoms with Crippen molar-refractivity contribution in [3.63, 3.8) is 0 Å². The van der Waals surface area contributed by atoms with Crippen molar-refractivity contribution in [2.75, 3.05) is 0 Å². The lowest BCUT2D eigenvalue weighted by Gasteiger charge is -1.87. The predicted molar refractivity (Wildman–Crippen MR) is 32.2 cm³/mol. The van der Waals surface area contributed by atoms with Crippen molar-refractivity contribution in [2.45, 2.75) is 0 Å². The third-order valence-electron chi connectivity index (χ3n) is 0.838. The molecule has 0 unspecified atom stereocenters.